The van der Waals surface area contributed by atoms with Crippen molar-refractivity contribution >= 4 is 11.4 Å². The molecule has 1 aromatic rings. The molecule has 0 saturated carbocycles. The van der Waals surface area contributed by atoms with E-state index in [2.05, 4.69) is 9.88 Å². The standard InChI is InChI=1S/C10H15N3O/c11-8-4-10(6-12-5-8)13-3-1-2-9(13)7-14/h4-6,9,14H,1-3,7,11H2. The van der Waals surface area contributed by atoms with Gasteiger partial charge in [-0.2, -0.15) is 0 Å². The van der Waals surface area contributed by atoms with E-state index in [0.717, 1.165) is 25.1 Å². The molecule has 4 heteroatoms. The van der Waals surface area contributed by atoms with Crippen molar-refractivity contribution in [3.05, 3.63) is 18.5 Å². The van der Waals surface area contributed by atoms with Gasteiger partial charge in [0.1, 0.15) is 0 Å². The van der Waals surface area contributed by atoms with Gasteiger partial charge in [-0.1, -0.05) is 0 Å². The second-order valence-corrected chi connectivity index (χ2v) is 3.65. The molecule has 1 aliphatic rings. The summed E-state index contributed by atoms with van der Waals surface area (Å²) in [6.45, 7) is 1.19. The summed E-state index contributed by atoms with van der Waals surface area (Å²) < 4.78 is 0. The Labute approximate surface area is 83.4 Å². The van der Waals surface area contributed by atoms with Crippen LogP contribution in [0.25, 0.3) is 0 Å². The Hall–Kier alpha value is -1.29. The predicted molar refractivity (Wildman–Crippen MR) is 56.1 cm³/mol. The molecule has 0 amide bonds. The third-order valence-corrected chi connectivity index (χ3v) is 2.66. The average molecular weight is 193 g/mol. The van der Waals surface area contributed by atoms with Crippen LogP contribution in [0.3, 0.4) is 0 Å². The predicted octanol–water partition coefficient (Wildman–Crippen LogP) is 0.625. The number of aromatic nitrogens is 1. The lowest BCUT2D eigenvalue weighted by atomic mass is 10.2. The highest BCUT2D eigenvalue weighted by Crippen LogP contribution is 2.25. The minimum atomic E-state index is 0.203. The molecule has 76 valence electrons. The first-order valence-corrected chi connectivity index (χ1v) is 4.89. The molecule has 1 aliphatic heterocycles. The fourth-order valence-corrected chi connectivity index (χ4v) is 1.97. The van der Waals surface area contributed by atoms with Gasteiger partial charge in [0, 0.05) is 12.7 Å². The van der Waals surface area contributed by atoms with Crippen molar-refractivity contribution in [2.24, 2.45) is 0 Å². The monoisotopic (exact) mass is 193 g/mol. The van der Waals surface area contributed by atoms with E-state index in [1.54, 1.807) is 12.4 Å². The maximum atomic E-state index is 9.17. The first-order valence-electron chi connectivity index (χ1n) is 4.89. The Morgan fingerprint density at radius 3 is 3.14 bits per heavy atom. The van der Waals surface area contributed by atoms with Crippen molar-refractivity contribution in [1.82, 2.24) is 4.98 Å². The number of nitrogens with zero attached hydrogens (tertiary/aromatic N) is 2. The maximum Gasteiger partial charge on any atom is 0.0635 e. The molecule has 0 bridgehead atoms. The van der Waals surface area contributed by atoms with Crippen LogP contribution in [0.5, 0.6) is 0 Å². The number of aliphatic hydroxyl groups excluding tert-OH is 1. The summed E-state index contributed by atoms with van der Waals surface area (Å²) in [5, 5.41) is 9.17. The highest BCUT2D eigenvalue weighted by atomic mass is 16.3. The van der Waals surface area contributed by atoms with E-state index in [-0.39, 0.29) is 12.6 Å². The lowest BCUT2D eigenvalue weighted by Gasteiger charge is -2.24. The topological polar surface area (TPSA) is 62.4 Å². The number of aliphatic hydroxyl groups is 1. The average Bonchev–Trinajstić information content (AvgIpc) is 2.65. The van der Waals surface area contributed by atoms with Gasteiger partial charge in [-0.25, -0.2) is 0 Å². The maximum absolute atomic E-state index is 9.17. The van der Waals surface area contributed by atoms with E-state index in [9.17, 15) is 5.11 Å². The van der Waals surface area contributed by atoms with E-state index < -0.39 is 0 Å². The molecule has 1 aromatic heterocycles. The van der Waals surface area contributed by atoms with Crippen LogP contribution >= 0.6 is 0 Å². The first-order chi connectivity index (χ1) is 6.81. The molecular weight excluding hydrogens is 178 g/mol. The van der Waals surface area contributed by atoms with E-state index in [4.69, 9.17) is 5.73 Å². The van der Waals surface area contributed by atoms with Crippen LogP contribution in [0, 0.1) is 0 Å². The highest BCUT2D eigenvalue weighted by molar-refractivity contribution is 5.54. The van der Waals surface area contributed by atoms with Gasteiger partial charge in [-0.15, -0.1) is 0 Å². The normalized spacial score (nSPS) is 21.5. The number of nitrogens with two attached hydrogens (primary N) is 1. The van der Waals surface area contributed by atoms with Crippen LogP contribution in [0.15, 0.2) is 18.5 Å². The second kappa shape index (κ2) is 3.84. The smallest absolute Gasteiger partial charge is 0.0635 e. The van der Waals surface area contributed by atoms with Gasteiger partial charge in [0.25, 0.3) is 0 Å². The molecule has 1 unspecified atom stereocenters. The van der Waals surface area contributed by atoms with Gasteiger partial charge in [0.15, 0.2) is 0 Å². The van der Waals surface area contributed by atoms with Gasteiger partial charge < -0.3 is 15.7 Å². The van der Waals surface area contributed by atoms with Gasteiger partial charge in [-0.05, 0) is 18.9 Å². The molecule has 1 atom stereocenters. The van der Waals surface area contributed by atoms with E-state index in [0.29, 0.717) is 5.69 Å². The zero-order valence-electron chi connectivity index (χ0n) is 8.06. The summed E-state index contributed by atoms with van der Waals surface area (Å²) in [6, 6.07) is 2.14. The van der Waals surface area contributed by atoms with Crippen molar-refractivity contribution < 1.29 is 5.11 Å². The van der Waals surface area contributed by atoms with Crippen molar-refractivity contribution in [2.75, 3.05) is 23.8 Å². The third-order valence-electron chi connectivity index (χ3n) is 2.66. The minimum absolute atomic E-state index is 0.203. The molecule has 2 rings (SSSR count). The van der Waals surface area contributed by atoms with Crippen LogP contribution in [-0.4, -0.2) is 29.3 Å². The molecule has 0 aliphatic carbocycles. The largest absolute Gasteiger partial charge is 0.397 e. The third kappa shape index (κ3) is 1.65. The Balaban J connectivity index is 2.21. The fourth-order valence-electron chi connectivity index (χ4n) is 1.97. The van der Waals surface area contributed by atoms with Gasteiger partial charge >= 0.3 is 0 Å². The zero-order valence-corrected chi connectivity index (χ0v) is 8.06. The second-order valence-electron chi connectivity index (χ2n) is 3.65. The van der Waals surface area contributed by atoms with Gasteiger partial charge in [0.2, 0.25) is 0 Å². The fraction of sp³-hybridized carbons (Fsp3) is 0.500. The Morgan fingerprint density at radius 1 is 1.57 bits per heavy atom. The number of pyridine rings is 1. The van der Waals surface area contributed by atoms with Crippen molar-refractivity contribution in [2.45, 2.75) is 18.9 Å². The van der Waals surface area contributed by atoms with E-state index in [1.807, 2.05) is 6.07 Å². The van der Waals surface area contributed by atoms with Crippen LogP contribution in [0.1, 0.15) is 12.8 Å². The molecule has 14 heavy (non-hydrogen) atoms. The molecule has 2 heterocycles. The number of anilines is 2. The van der Waals surface area contributed by atoms with Crippen LogP contribution < -0.4 is 10.6 Å². The Kier molecular flexibility index (Phi) is 2.54. The molecular formula is C10H15N3O. The summed E-state index contributed by atoms with van der Waals surface area (Å²) in [5.74, 6) is 0. The van der Waals surface area contributed by atoms with Crippen LogP contribution in [-0.2, 0) is 0 Å². The Morgan fingerprint density at radius 2 is 2.43 bits per heavy atom. The van der Waals surface area contributed by atoms with Crippen LogP contribution in [0.4, 0.5) is 11.4 Å². The van der Waals surface area contributed by atoms with Crippen molar-refractivity contribution in [3.63, 3.8) is 0 Å². The summed E-state index contributed by atoms with van der Waals surface area (Å²) in [6.07, 6.45) is 5.60. The Bertz CT molecular complexity index is 316. The quantitative estimate of drug-likeness (QED) is 0.723. The zero-order chi connectivity index (χ0) is 9.97. The molecule has 0 radical (unpaired) electrons. The van der Waals surface area contributed by atoms with Crippen LogP contribution in [0.2, 0.25) is 0 Å². The first kappa shape index (κ1) is 9.27. The van der Waals surface area contributed by atoms with E-state index in [1.165, 1.54) is 0 Å². The molecule has 3 N–H and O–H groups in total. The molecule has 0 aromatic carbocycles. The molecule has 4 nitrogen and oxygen atoms in total. The number of hydrogen-bond donors (Lipinski definition) is 2. The lowest BCUT2D eigenvalue weighted by Crippen LogP contribution is -2.32. The summed E-state index contributed by atoms with van der Waals surface area (Å²) in [7, 11) is 0. The minimum Gasteiger partial charge on any atom is -0.397 e. The van der Waals surface area contributed by atoms with E-state index >= 15 is 0 Å². The number of nitrogen functional groups attached to an aromatic ring is 1. The number of rotatable bonds is 2. The van der Waals surface area contributed by atoms with Gasteiger partial charge in [0.05, 0.1) is 30.2 Å². The van der Waals surface area contributed by atoms with Gasteiger partial charge in [-0.3, -0.25) is 4.98 Å². The highest BCUT2D eigenvalue weighted by Gasteiger charge is 2.23. The summed E-state index contributed by atoms with van der Waals surface area (Å²) in [4.78, 5) is 6.22. The molecule has 1 fully saturated rings. The summed E-state index contributed by atoms with van der Waals surface area (Å²) in [5.41, 5.74) is 7.35. The molecule has 1 saturated heterocycles. The van der Waals surface area contributed by atoms with Crippen molar-refractivity contribution in [3.8, 4) is 0 Å². The SMILES string of the molecule is Nc1cncc(N2CCCC2CO)c1. The summed E-state index contributed by atoms with van der Waals surface area (Å²) >= 11 is 0. The van der Waals surface area contributed by atoms with Crippen molar-refractivity contribution in [1.29, 1.82) is 0 Å². The number of hydrogen-bond acceptors (Lipinski definition) is 4. The molecule has 0 spiro atoms. The lowest BCUT2D eigenvalue weighted by molar-refractivity contribution is 0.266.